The first-order valence-corrected chi connectivity index (χ1v) is 10.00. The quantitative estimate of drug-likeness (QED) is 0.288. The standard InChI is InChI=1S/C20H33N5O.HI/c1-2-21-20(22-9-6-10-23-15-17-26-18-16-23)25-13-11-24(12-14-25)19-7-4-3-5-8-19;/h3-5,7-8H,2,6,9-18H2,1H3,(H,21,22);1H. The summed E-state index contributed by atoms with van der Waals surface area (Å²) in [5.41, 5.74) is 1.32. The van der Waals surface area contributed by atoms with Gasteiger partial charge in [-0.15, -0.1) is 24.0 Å². The molecule has 152 valence electrons. The maximum absolute atomic E-state index is 5.41. The maximum atomic E-state index is 5.41. The molecule has 7 heteroatoms. The van der Waals surface area contributed by atoms with Gasteiger partial charge < -0.3 is 19.9 Å². The van der Waals surface area contributed by atoms with E-state index in [-0.39, 0.29) is 24.0 Å². The number of rotatable bonds is 6. The molecule has 0 amide bonds. The molecule has 0 saturated carbocycles. The highest BCUT2D eigenvalue weighted by molar-refractivity contribution is 14.0. The zero-order valence-electron chi connectivity index (χ0n) is 16.5. The first kappa shape index (κ1) is 22.2. The number of anilines is 1. The van der Waals surface area contributed by atoms with E-state index in [1.807, 2.05) is 0 Å². The van der Waals surface area contributed by atoms with Crippen LogP contribution in [-0.4, -0.2) is 87.9 Å². The Hall–Kier alpha value is -1.06. The Bertz CT molecular complexity index is 543. The van der Waals surface area contributed by atoms with Crippen molar-refractivity contribution in [1.29, 1.82) is 0 Å². The molecule has 0 atom stereocenters. The lowest BCUT2D eigenvalue weighted by Crippen LogP contribution is -2.52. The zero-order valence-corrected chi connectivity index (χ0v) is 18.8. The molecule has 2 saturated heterocycles. The fraction of sp³-hybridized carbons (Fsp3) is 0.650. The van der Waals surface area contributed by atoms with Crippen LogP contribution in [0.25, 0.3) is 0 Å². The molecule has 6 nitrogen and oxygen atoms in total. The first-order valence-electron chi connectivity index (χ1n) is 10.00. The van der Waals surface area contributed by atoms with Gasteiger partial charge in [0.25, 0.3) is 0 Å². The molecule has 2 heterocycles. The van der Waals surface area contributed by atoms with E-state index in [0.717, 1.165) is 84.5 Å². The molecule has 0 unspecified atom stereocenters. The second-order valence-electron chi connectivity index (χ2n) is 6.85. The Kier molecular flexibility index (Phi) is 10.2. The molecule has 0 aromatic heterocycles. The van der Waals surface area contributed by atoms with E-state index in [1.54, 1.807) is 0 Å². The molecular formula is C20H34IN5O. The minimum Gasteiger partial charge on any atom is -0.379 e. The number of piperazine rings is 1. The third kappa shape index (κ3) is 7.12. The molecular weight excluding hydrogens is 453 g/mol. The monoisotopic (exact) mass is 487 g/mol. The summed E-state index contributed by atoms with van der Waals surface area (Å²) in [4.78, 5) is 12.2. The van der Waals surface area contributed by atoms with Crippen LogP contribution in [0.5, 0.6) is 0 Å². The summed E-state index contributed by atoms with van der Waals surface area (Å²) in [6.07, 6.45) is 1.11. The number of halogens is 1. The molecule has 0 radical (unpaired) electrons. The van der Waals surface area contributed by atoms with Crippen LogP contribution in [0, 0.1) is 0 Å². The van der Waals surface area contributed by atoms with Crippen molar-refractivity contribution in [3.63, 3.8) is 0 Å². The van der Waals surface area contributed by atoms with Crippen LogP contribution in [0.15, 0.2) is 35.3 Å². The molecule has 2 fully saturated rings. The van der Waals surface area contributed by atoms with E-state index in [0.29, 0.717) is 0 Å². The van der Waals surface area contributed by atoms with Crippen molar-refractivity contribution in [3.05, 3.63) is 30.3 Å². The molecule has 0 bridgehead atoms. The highest BCUT2D eigenvalue weighted by Gasteiger charge is 2.19. The van der Waals surface area contributed by atoms with Crippen LogP contribution < -0.4 is 10.2 Å². The number of morpholine rings is 1. The highest BCUT2D eigenvalue weighted by atomic mass is 127. The van der Waals surface area contributed by atoms with E-state index < -0.39 is 0 Å². The number of benzene rings is 1. The van der Waals surface area contributed by atoms with E-state index in [2.05, 4.69) is 57.3 Å². The molecule has 27 heavy (non-hydrogen) atoms. The number of hydrogen-bond acceptors (Lipinski definition) is 4. The van der Waals surface area contributed by atoms with Crippen LogP contribution in [0.4, 0.5) is 5.69 Å². The van der Waals surface area contributed by atoms with Gasteiger partial charge in [-0.3, -0.25) is 9.89 Å². The lowest BCUT2D eigenvalue weighted by atomic mass is 10.2. The zero-order chi connectivity index (χ0) is 18.0. The van der Waals surface area contributed by atoms with Crippen LogP contribution in [-0.2, 0) is 4.74 Å². The van der Waals surface area contributed by atoms with Crippen molar-refractivity contribution in [2.75, 3.05) is 77.0 Å². The second-order valence-corrected chi connectivity index (χ2v) is 6.85. The molecule has 1 aromatic carbocycles. The van der Waals surface area contributed by atoms with Crippen molar-refractivity contribution >= 4 is 35.6 Å². The van der Waals surface area contributed by atoms with Crippen LogP contribution in [0.3, 0.4) is 0 Å². The van der Waals surface area contributed by atoms with Gasteiger partial charge in [-0.05, 0) is 25.5 Å². The molecule has 0 aliphatic carbocycles. The van der Waals surface area contributed by atoms with Crippen LogP contribution in [0.1, 0.15) is 13.3 Å². The molecule has 0 spiro atoms. The van der Waals surface area contributed by atoms with Gasteiger partial charge in [-0.1, -0.05) is 18.2 Å². The summed E-state index contributed by atoms with van der Waals surface area (Å²) in [6.45, 7) is 13.1. The largest absolute Gasteiger partial charge is 0.379 e. The summed E-state index contributed by atoms with van der Waals surface area (Å²) in [5, 5.41) is 3.47. The summed E-state index contributed by atoms with van der Waals surface area (Å²) in [5.74, 6) is 1.07. The average molecular weight is 487 g/mol. The van der Waals surface area contributed by atoms with E-state index in [9.17, 15) is 0 Å². The third-order valence-corrected chi connectivity index (χ3v) is 5.03. The average Bonchev–Trinajstić information content (AvgIpc) is 2.72. The van der Waals surface area contributed by atoms with Gasteiger partial charge >= 0.3 is 0 Å². The number of hydrogen-bond donors (Lipinski definition) is 1. The lowest BCUT2D eigenvalue weighted by molar-refractivity contribution is 0.0377. The highest BCUT2D eigenvalue weighted by Crippen LogP contribution is 2.15. The van der Waals surface area contributed by atoms with Crippen molar-refractivity contribution < 1.29 is 4.74 Å². The Morgan fingerprint density at radius 1 is 1.04 bits per heavy atom. The van der Waals surface area contributed by atoms with Crippen molar-refractivity contribution in [1.82, 2.24) is 15.1 Å². The number of ether oxygens (including phenoxy) is 1. The molecule has 1 aromatic rings. The van der Waals surface area contributed by atoms with E-state index >= 15 is 0 Å². The summed E-state index contributed by atoms with van der Waals surface area (Å²) >= 11 is 0. The van der Waals surface area contributed by atoms with E-state index in [1.165, 1.54) is 5.69 Å². The number of nitrogens with zero attached hydrogens (tertiary/aromatic N) is 4. The van der Waals surface area contributed by atoms with Crippen LogP contribution in [0.2, 0.25) is 0 Å². The summed E-state index contributed by atoms with van der Waals surface area (Å²) in [7, 11) is 0. The Labute approximate surface area is 181 Å². The van der Waals surface area contributed by atoms with Crippen molar-refractivity contribution in [2.24, 2.45) is 4.99 Å². The smallest absolute Gasteiger partial charge is 0.194 e. The van der Waals surface area contributed by atoms with Gasteiger partial charge in [0.05, 0.1) is 13.2 Å². The van der Waals surface area contributed by atoms with Gasteiger partial charge in [0.15, 0.2) is 5.96 Å². The molecule has 3 rings (SSSR count). The normalized spacial score (nSPS) is 18.9. The summed E-state index contributed by atoms with van der Waals surface area (Å²) in [6, 6.07) is 10.7. The second kappa shape index (κ2) is 12.4. The number of aliphatic imine (C=N–C) groups is 1. The van der Waals surface area contributed by atoms with Crippen molar-refractivity contribution in [2.45, 2.75) is 13.3 Å². The predicted octanol–water partition coefficient (Wildman–Crippen LogP) is 2.11. The minimum absolute atomic E-state index is 0. The Morgan fingerprint density at radius 2 is 1.74 bits per heavy atom. The van der Waals surface area contributed by atoms with Gasteiger partial charge in [-0.25, -0.2) is 0 Å². The number of nitrogens with one attached hydrogen (secondary N) is 1. The van der Waals surface area contributed by atoms with Crippen molar-refractivity contribution in [3.8, 4) is 0 Å². The molecule has 2 aliphatic heterocycles. The molecule has 2 aliphatic rings. The number of guanidine groups is 1. The Balaban J connectivity index is 0.00000261. The third-order valence-electron chi connectivity index (χ3n) is 5.03. The minimum atomic E-state index is 0. The van der Waals surface area contributed by atoms with Crippen LogP contribution >= 0.6 is 24.0 Å². The summed E-state index contributed by atoms with van der Waals surface area (Å²) < 4.78 is 5.41. The lowest BCUT2D eigenvalue weighted by Gasteiger charge is -2.37. The first-order chi connectivity index (χ1) is 12.9. The Morgan fingerprint density at radius 3 is 2.41 bits per heavy atom. The predicted molar refractivity (Wildman–Crippen MR) is 123 cm³/mol. The van der Waals surface area contributed by atoms with Gasteiger partial charge in [0.1, 0.15) is 0 Å². The molecule has 1 N–H and O–H groups in total. The topological polar surface area (TPSA) is 43.3 Å². The SMILES string of the molecule is CCNC(=NCCCN1CCOCC1)N1CCN(c2ccccc2)CC1.I. The fourth-order valence-corrected chi connectivity index (χ4v) is 3.55. The van der Waals surface area contributed by atoms with Gasteiger partial charge in [0, 0.05) is 64.6 Å². The maximum Gasteiger partial charge on any atom is 0.194 e. The van der Waals surface area contributed by atoms with Gasteiger partial charge in [-0.2, -0.15) is 0 Å². The van der Waals surface area contributed by atoms with Gasteiger partial charge in [0.2, 0.25) is 0 Å². The fourth-order valence-electron chi connectivity index (χ4n) is 3.55. The number of para-hydroxylation sites is 1. The van der Waals surface area contributed by atoms with E-state index in [4.69, 9.17) is 9.73 Å².